The number of nitrogens with one attached hydrogen (secondary N) is 1. The molecular weight excluding hydrogens is 194 g/mol. The number of hydrogen-bond donors (Lipinski definition) is 1. The molecule has 1 aliphatic rings. The Labute approximate surface area is 88.1 Å². The minimum absolute atomic E-state index is 0.764. The molecule has 74 valence electrons. The van der Waals surface area contributed by atoms with Crippen molar-refractivity contribution in [3.05, 3.63) is 16.1 Å². The van der Waals surface area contributed by atoms with Gasteiger partial charge in [-0.15, -0.1) is 17.8 Å². The zero-order valence-corrected chi connectivity index (χ0v) is 8.81. The number of nitrogens with zero attached hydrogens (tertiary/aromatic N) is 2. The zero-order chi connectivity index (χ0) is 9.80. The highest BCUT2D eigenvalue weighted by Gasteiger charge is 2.11. The van der Waals surface area contributed by atoms with Crippen molar-refractivity contribution < 1.29 is 0 Å². The first-order valence-electron chi connectivity index (χ1n) is 4.72. The highest BCUT2D eigenvalue weighted by atomic mass is 32.1. The lowest BCUT2D eigenvalue weighted by Gasteiger charge is -2.25. The van der Waals surface area contributed by atoms with Gasteiger partial charge in [0, 0.05) is 31.6 Å². The van der Waals surface area contributed by atoms with E-state index < -0.39 is 0 Å². The number of piperazine rings is 1. The Hall–Kier alpha value is -0.890. The van der Waals surface area contributed by atoms with Crippen LogP contribution in [-0.2, 0) is 6.54 Å². The molecule has 2 rings (SSSR count). The summed E-state index contributed by atoms with van der Waals surface area (Å²) in [6, 6.07) is 0. The first-order valence-corrected chi connectivity index (χ1v) is 5.60. The fourth-order valence-corrected chi connectivity index (χ4v) is 2.29. The van der Waals surface area contributed by atoms with E-state index in [1.54, 1.807) is 11.3 Å². The summed E-state index contributed by atoms with van der Waals surface area (Å²) in [5.41, 5.74) is 0.764. The molecule has 0 atom stereocenters. The second kappa shape index (κ2) is 4.56. The van der Waals surface area contributed by atoms with E-state index in [0.29, 0.717) is 0 Å². The van der Waals surface area contributed by atoms with E-state index in [2.05, 4.69) is 21.1 Å². The average molecular weight is 207 g/mol. The van der Waals surface area contributed by atoms with Gasteiger partial charge in [-0.1, -0.05) is 0 Å². The van der Waals surface area contributed by atoms with Crippen LogP contribution in [0.15, 0.2) is 5.38 Å². The van der Waals surface area contributed by atoms with Crippen LogP contribution in [0.1, 0.15) is 10.7 Å². The molecule has 0 aromatic carbocycles. The van der Waals surface area contributed by atoms with Crippen LogP contribution in [0.5, 0.6) is 0 Å². The van der Waals surface area contributed by atoms with Crippen molar-refractivity contribution in [2.45, 2.75) is 6.54 Å². The molecule has 3 nitrogen and oxygen atoms in total. The number of thiazole rings is 1. The van der Waals surface area contributed by atoms with E-state index in [-0.39, 0.29) is 0 Å². The number of aromatic nitrogens is 1. The van der Waals surface area contributed by atoms with Crippen molar-refractivity contribution in [2.24, 2.45) is 0 Å². The van der Waals surface area contributed by atoms with Crippen LogP contribution in [0, 0.1) is 12.3 Å². The van der Waals surface area contributed by atoms with Crippen molar-refractivity contribution in [1.82, 2.24) is 15.2 Å². The van der Waals surface area contributed by atoms with Gasteiger partial charge in [-0.2, -0.15) is 0 Å². The smallest absolute Gasteiger partial charge is 0.124 e. The van der Waals surface area contributed by atoms with Crippen LogP contribution in [0.2, 0.25) is 0 Å². The Morgan fingerprint density at radius 3 is 3.00 bits per heavy atom. The molecule has 1 fully saturated rings. The lowest BCUT2D eigenvalue weighted by atomic mass is 10.3. The summed E-state index contributed by atoms with van der Waals surface area (Å²) in [5, 5.41) is 6.39. The molecular formula is C10H13N3S. The van der Waals surface area contributed by atoms with Gasteiger partial charge in [0.05, 0.1) is 6.54 Å². The SMILES string of the molecule is C#Cc1csc(CN2CCNCC2)n1. The minimum atomic E-state index is 0.764. The molecule has 0 amide bonds. The maximum Gasteiger partial charge on any atom is 0.124 e. The quantitative estimate of drug-likeness (QED) is 0.717. The van der Waals surface area contributed by atoms with Gasteiger partial charge in [0.15, 0.2) is 0 Å². The fourth-order valence-electron chi connectivity index (χ4n) is 1.51. The molecule has 1 N–H and O–H groups in total. The highest BCUT2D eigenvalue weighted by Crippen LogP contribution is 2.11. The Morgan fingerprint density at radius 1 is 1.57 bits per heavy atom. The summed E-state index contributed by atoms with van der Waals surface area (Å²) in [7, 11) is 0. The highest BCUT2D eigenvalue weighted by molar-refractivity contribution is 7.09. The van der Waals surface area contributed by atoms with Crippen molar-refractivity contribution >= 4 is 11.3 Å². The molecule has 0 unspecified atom stereocenters. The molecule has 0 spiro atoms. The topological polar surface area (TPSA) is 28.2 Å². The first kappa shape index (κ1) is 9.66. The van der Waals surface area contributed by atoms with Gasteiger partial charge >= 0.3 is 0 Å². The predicted octanol–water partition coefficient (Wildman–Crippen LogP) is 0.530. The zero-order valence-electron chi connectivity index (χ0n) is 7.99. The third-order valence-corrected chi connectivity index (χ3v) is 3.10. The van der Waals surface area contributed by atoms with Crippen molar-refractivity contribution in [3.8, 4) is 12.3 Å². The van der Waals surface area contributed by atoms with Crippen LogP contribution in [-0.4, -0.2) is 36.1 Å². The van der Waals surface area contributed by atoms with Gasteiger partial charge in [0.2, 0.25) is 0 Å². The Kier molecular flexibility index (Phi) is 3.14. The van der Waals surface area contributed by atoms with Crippen LogP contribution >= 0.6 is 11.3 Å². The number of rotatable bonds is 2. The lowest BCUT2D eigenvalue weighted by molar-refractivity contribution is 0.233. The standard InChI is InChI=1S/C10H13N3S/c1-2-9-8-14-10(12-9)7-13-5-3-11-4-6-13/h1,8,11H,3-7H2. The normalized spacial score (nSPS) is 17.9. The van der Waals surface area contributed by atoms with E-state index in [1.807, 2.05) is 5.38 Å². The number of terminal acetylenes is 1. The van der Waals surface area contributed by atoms with Gasteiger partial charge in [-0.05, 0) is 5.92 Å². The second-order valence-corrected chi connectivity index (χ2v) is 4.24. The predicted molar refractivity (Wildman–Crippen MR) is 58.2 cm³/mol. The molecule has 1 saturated heterocycles. The second-order valence-electron chi connectivity index (χ2n) is 3.30. The fraction of sp³-hybridized carbons (Fsp3) is 0.500. The van der Waals surface area contributed by atoms with E-state index >= 15 is 0 Å². The summed E-state index contributed by atoms with van der Waals surface area (Å²) in [6.45, 7) is 5.30. The molecule has 1 aromatic rings. The van der Waals surface area contributed by atoms with Gasteiger partial charge in [-0.3, -0.25) is 4.90 Å². The van der Waals surface area contributed by atoms with E-state index in [9.17, 15) is 0 Å². The summed E-state index contributed by atoms with van der Waals surface area (Å²) in [4.78, 5) is 6.74. The molecule has 0 aliphatic carbocycles. The van der Waals surface area contributed by atoms with Gasteiger partial charge < -0.3 is 5.32 Å². The third-order valence-electron chi connectivity index (χ3n) is 2.27. The summed E-state index contributed by atoms with van der Waals surface area (Å²) in [5.74, 6) is 2.55. The van der Waals surface area contributed by atoms with Crippen molar-refractivity contribution in [3.63, 3.8) is 0 Å². The molecule has 0 saturated carbocycles. The summed E-state index contributed by atoms with van der Waals surface area (Å²) in [6.07, 6.45) is 5.27. The lowest BCUT2D eigenvalue weighted by Crippen LogP contribution is -2.42. The molecule has 0 radical (unpaired) electrons. The van der Waals surface area contributed by atoms with E-state index in [0.717, 1.165) is 43.4 Å². The number of hydrogen-bond acceptors (Lipinski definition) is 4. The summed E-state index contributed by atoms with van der Waals surface area (Å²) >= 11 is 1.65. The van der Waals surface area contributed by atoms with Crippen LogP contribution in [0.4, 0.5) is 0 Å². The molecule has 14 heavy (non-hydrogen) atoms. The maximum absolute atomic E-state index is 5.27. The molecule has 1 aliphatic heterocycles. The first-order chi connectivity index (χ1) is 6.88. The third kappa shape index (κ3) is 2.32. The Balaban J connectivity index is 1.93. The monoisotopic (exact) mass is 207 g/mol. The van der Waals surface area contributed by atoms with Gasteiger partial charge in [0.25, 0.3) is 0 Å². The summed E-state index contributed by atoms with van der Waals surface area (Å²) < 4.78 is 0. The molecule has 2 heterocycles. The van der Waals surface area contributed by atoms with E-state index in [4.69, 9.17) is 6.42 Å². The molecule has 4 heteroatoms. The Bertz CT molecular complexity index is 333. The van der Waals surface area contributed by atoms with Gasteiger partial charge in [-0.25, -0.2) is 4.98 Å². The van der Waals surface area contributed by atoms with Crippen molar-refractivity contribution in [2.75, 3.05) is 26.2 Å². The minimum Gasteiger partial charge on any atom is -0.314 e. The average Bonchev–Trinajstić information content (AvgIpc) is 2.67. The van der Waals surface area contributed by atoms with Crippen LogP contribution in [0.3, 0.4) is 0 Å². The van der Waals surface area contributed by atoms with Gasteiger partial charge in [0.1, 0.15) is 10.7 Å². The largest absolute Gasteiger partial charge is 0.314 e. The van der Waals surface area contributed by atoms with Crippen molar-refractivity contribution in [1.29, 1.82) is 0 Å². The van der Waals surface area contributed by atoms with Crippen LogP contribution in [0.25, 0.3) is 0 Å². The molecule has 1 aromatic heterocycles. The Morgan fingerprint density at radius 2 is 2.36 bits per heavy atom. The molecule has 0 bridgehead atoms. The maximum atomic E-state index is 5.27. The van der Waals surface area contributed by atoms with E-state index in [1.165, 1.54) is 0 Å². The van der Waals surface area contributed by atoms with Crippen LogP contribution < -0.4 is 5.32 Å².